The number of carbonyl (C=O) groups is 1. The number of carbonyl (C=O) groups excluding carboxylic acids is 1. The van der Waals surface area contributed by atoms with Gasteiger partial charge in [0.05, 0.1) is 5.54 Å². The topological polar surface area (TPSA) is 35.6 Å². The molecule has 4 nitrogen and oxygen atoms in total. The Morgan fingerprint density at radius 1 is 1.43 bits per heavy atom. The average molecular weight is 310 g/mol. The van der Waals surface area contributed by atoms with Crippen LogP contribution < -0.4 is 5.32 Å². The number of likely N-dealkylation sites (N-methyl/N-ethyl adjacent to an activating group) is 1. The molecule has 1 aromatic carbocycles. The second-order valence-electron chi connectivity index (χ2n) is 6.09. The molecule has 2 atom stereocenters. The zero-order valence-corrected chi connectivity index (χ0v) is 13.9. The molecule has 0 bridgehead atoms. The summed E-state index contributed by atoms with van der Waals surface area (Å²) in [4.78, 5) is 16.8. The van der Waals surface area contributed by atoms with Gasteiger partial charge in [0.15, 0.2) is 0 Å². The van der Waals surface area contributed by atoms with Crippen LogP contribution in [0.3, 0.4) is 0 Å². The predicted molar refractivity (Wildman–Crippen MR) is 86.3 cm³/mol. The smallest absolute Gasteiger partial charge is 0.244 e. The molecule has 1 amide bonds. The van der Waals surface area contributed by atoms with E-state index in [2.05, 4.69) is 10.2 Å². The molecule has 0 radical (unpaired) electrons. The van der Waals surface area contributed by atoms with Crippen LogP contribution in [-0.2, 0) is 4.79 Å². The van der Waals surface area contributed by atoms with Crippen LogP contribution in [0.25, 0.3) is 0 Å². The number of nitrogens with zero attached hydrogens (tertiary/aromatic N) is 2. The Morgan fingerprint density at radius 2 is 2.14 bits per heavy atom. The van der Waals surface area contributed by atoms with Crippen molar-refractivity contribution in [3.8, 4) is 0 Å². The van der Waals surface area contributed by atoms with Gasteiger partial charge in [-0.15, -0.1) is 0 Å². The summed E-state index contributed by atoms with van der Waals surface area (Å²) >= 11 is 6.10. The molecule has 2 rings (SSSR count). The SMILES string of the molecule is CCC1(C)NC(c2cccc(Cl)c2)N(CCN(C)C)C1=O. The second kappa shape index (κ2) is 6.34. The molecule has 0 spiro atoms. The van der Waals surface area contributed by atoms with Crippen molar-refractivity contribution in [1.82, 2.24) is 15.1 Å². The molecular weight excluding hydrogens is 286 g/mol. The Labute approximate surface area is 132 Å². The van der Waals surface area contributed by atoms with Crippen molar-refractivity contribution in [3.63, 3.8) is 0 Å². The highest BCUT2D eigenvalue weighted by Crippen LogP contribution is 2.33. The maximum Gasteiger partial charge on any atom is 0.244 e. The third kappa shape index (κ3) is 3.39. The third-order valence-corrected chi connectivity index (χ3v) is 4.39. The molecule has 116 valence electrons. The fourth-order valence-electron chi connectivity index (χ4n) is 2.61. The average Bonchev–Trinajstić information content (AvgIpc) is 2.70. The summed E-state index contributed by atoms with van der Waals surface area (Å²) in [5.41, 5.74) is 0.533. The van der Waals surface area contributed by atoms with Crippen LogP contribution in [0.5, 0.6) is 0 Å². The fraction of sp³-hybridized carbons (Fsp3) is 0.562. The van der Waals surface area contributed by atoms with Crippen molar-refractivity contribution in [2.24, 2.45) is 0 Å². The largest absolute Gasteiger partial charge is 0.320 e. The fourth-order valence-corrected chi connectivity index (χ4v) is 2.81. The number of nitrogens with one attached hydrogen (secondary N) is 1. The van der Waals surface area contributed by atoms with Gasteiger partial charge in [0, 0.05) is 18.1 Å². The van der Waals surface area contributed by atoms with E-state index < -0.39 is 5.54 Å². The van der Waals surface area contributed by atoms with Crippen LogP contribution in [0.4, 0.5) is 0 Å². The molecule has 1 aliphatic rings. The third-order valence-electron chi connectivity index (χ3n) is 4.16. The summed E-state index contributed by atoms with van der Waals surface area (Å²) in [5.74, 6) is 0.164. The van der Waals surface area contributed by atoms with Crippen molar-refractivity contribution in [2.45, 2.75) is 32.0 Å². The number of hydrogen-bond donors (Lipinski definition) is 1. The van der Waals surface area contributed by atoms with Crippen molar-refractivity contribution < 1.29 is 4.79 Å². The minimum atomic E-state index is -0.501. The Hall–Kier alpha value is -1.10. The van der Waals surface area contributed by atoms with Crippen LogP contribution in [-0.4, -0.2) is 48.4 Å². The number of benzene rings is 1. The van der Waals surface area contributed by atoms with E-state index in [4.69, 9.17) is 11.6 Å². The summed E-state index contributed by atoms with van der Waals surface area (Å²) in [6, 6.07) is 7.72. The molecular formula is C16H24ClN3O. The Bertz CT molecular complexity index is 520. The highest BCUT2D eigenvalue weighted by atomic mass is 35.5. The molecule has 1 heterocycles. The molecule has 1 N–H and O–H groups in total. The van der Waals surface area contributed by atoms with Gasteiger partial charge in [-0.05, 0) is 45.1 Å². The highest BCUT2D eigenvalue weighted by molar-refractivity contribution is 6.30. The summed E-state index contributed by atoms with van der Waals surface area (Å²) in [6.45, 7) is 5.55. The lowest BCUT2D eigenvalue weighted by Crippen LogP contribution is -2.43. The molecule has 1 fully saturated rings. The van der Waals surface area contributed by atoms with Crippen LogP contribution in [0.1, 0.15) is 32.0 Å². The lowest BCUT2D eigenvalue weighted by atomic mass is 9.99. The van der Waals surface area contributed by atoms with E-state index in [1.54, 1.807) is 0 Å². The first-order valence-electron chi connectivity index (χ1n) is 7.36. The summed E-state index contributed by atoms with van der Waals surface area (Å²) in [6.07, 6.45) is 0.655. The number of hydrogen-bond acceptors (Lipinski definition) is 3. The highest BCUT2D eigenvalue weighted by Gasteiger charge is 2.46. The molecule has 0 aromatic heterocycles. The Morgan fingerprint density at radius 3 is 2.71 bits per heavy atom. The second-order valence-corrected chi connectivity index (χ2v) is 6.53. The number of halogens is 1. The van der Waals surface area contributed by atoms with Gasteiger partial charge < -0.3 is 9.80 Å². The van der Waals surface area contributed by atoms with Gasteiger partial charge in [0.25, 0.3) is 0 Å². The molecule has 0 saturated carbocycles. The van der Waals surface area contributed by atoms with Crippen LogP contribution in [0.2, 0.25) is 5.02 Å². The number of amides is 1. The summed E-state index contributed by atoms with van der Waals surface area (Å²) in [7, 11) is 4.03. The van der Waals surface area contributed by atoms with E-state index in [-0.39, 0.29) is 12.1 Å². The van der Waals surface area contributed by atoms with E-state index in [1.807, 2.05) is 57.1 Å². The summed E-state index contributed by atoms with van der Waals surface area (Å²) < 4.78 is 0. The van der Waals surface area contributed by atoms with Gasteiger partial charge in [-0.3, -0.25) is 10.1 Å². The quantitative estimate of drug-likeness (QED) is 0.908. The molecule has 1 saturated heterocycles. The van der Waals surface area contributed by atoms with Crippen molar-refractivity contribution in [2.75, 3.05) is 27.2 Å². The van der Waals surface area contributed by atoms with Gasteiger partial charge in [0.1, 0.15) is 6.17 Å². The van der Waals surface area contributed by atoms with Gasteiger partial charge in [-0.1, -0.05) is 30.7 Å². The van der Waals surface area contributed by atoms with Gasteiger partial charge in [-0.2, -0.15) is 0 Å². The minimum absolute atomic E-state index is 0.110. The van der Waals surface area contributed by atoms with Gasteiger partial charge in [0.2, 0.25) is 5.91 Å². The van der Waals surface area contributed by atoms with E-state index in [1.165, 1.54) is 0 Å². The van der Waals surface area contributed by atoms with Gasteiger partial charge in [-0.25, -0.2) is 0 Å². The molecule has 5 heteroatoms. The molecule has 0 aliphatic carbocycles. The molecule has 1 aliphatic heterocycles. The molecule has 21 heavy (non-hydrogen) atoms. The Balaban J connectivity index is 2.29. The van der Waals surface area contributed by atoms with Gasteiger partial charge >= 0.3 is 0 Å². The minimum Gasteiger partial charge on any atom is -0.320 e. The van der Waals surface area contributed by atoms with E-state index >= 15 is 0 Å². The van der Waals surface area contributed by atoms with E-state index in [0.717, 1.165) is 18.5 Å². The van der Waals surface area contributed by atoms with Crippen molar-refractivity contribution in [3.05, 3.63) is 34.9 Å². The first-order valence-corrected chi connectivity index (χ1v) is 7.74. The normalized spacial score (nSPS) is 25.9. The van der Waals surface area contributed by atoms with Crippen molar-refractivity contribution in [1.29, 1.82) is 0 Å². The lowest BCUT2D eigenvalue weighted by Gasteiger charge is -2.26. The van der Waals surface area contributed by atoms with E-state index in [0.29, 0.717) is 11.6 Å². The molecule has 2 unspecified atom stereocenters. The monoisotopic (exact) mass is 309 g/mol. The maximum absolute atomic E-state index is 12.8. The first kappa shape index (κ1) is 16.3. The van der Waals surface area contributed by atoms with Crippen molar-refractivity contribution >= 4 is 17.5 Å². The Kier molecular flexibility index (Phi) is 4.91. The zero-order chi connectivity index (χ0) is 15.6. The lowest BCUT2D eigenvalue weighted by molar-refractivity contribution is -0.133. The molecule has 1 aromatic rings. The van der Waals surface area contributed by atoms with Crippen LogP contribution >= 0.6 is 11.6 Å². The van der Waals surface area contributed by atoms with Crippen LogP contribution in [0.15, 0.2) is 24.3 Å². The first-order chi connectivity index (χ1) is 9.87. The number of rotatable bonds is 5. The predicted octanol–water partition coefficient (Wildman–Crippen LogP) is 2.50. The maximum atomic E-state index is 12.8. The standard InChI is InChI=1S/C16H24ClN3O/c1-5-16(2)15(21)20(10-9-19(3)4)14(18-16)12-7-6-8-13(17)11-12/h6-8,11,14,18H,5,9-10H2,1-4H3. The summed E-state index contributed by atoms with van der Waals surface area (Å²) in [5, 5.41) is 4.18. The zero-order valence-electron chi connectivity index (χ0n) is 13.2. The van der Waals surface area contributed by atoms with Crippen LogP contribution in [0, 0.1) is 0 Å². The van der Waals surface area contributed by atoms with E-state index in [9.17, 15) is 4.79 Å².